The lowest BCUT2D eigenvalue weighted by Gasteiger charge is -2.03. The second kappa shape index (κ2) is 38.7. The number of hydrogen-bond donors (Lipinski definition) is 1. The van der Waals surface area contributed by atoms with Gasteiger partial charge in [-0.3, -0.25) is 4.79 Å². The zero-order valence-corrected chi connectivity index (χ0v) is 28.8. The Bertz CT molecular complexity index is 793. The summed E-state index contributed by atoms with van der Waals surface area (Å²) in [6.07, 6.45) is 63.0. The van der Waals surface area contributed by atoms with Crippen LogP contribution in [0.25, 0.3) is 0 Å². The lowest BCUT2D eigenvalue weighted by molar-refractivity contribution is -0.137. The van der Waals surface area contributed by atoms with Crippen molar-refractivity contribution in [3.05, 3.63) is 85.1 Å². The van der Waals surface area contributed by atoms with Crippen molar-refractivity contribution in [2.24, 2.45) is 0 Å². The zero-order valence-electron chi connectivity index (χ0n) is 28.8. The molecule has 0 heterocycles. The first kappa shape index (κ1) is 41.7. The van der Waals surface area contributed by atoms with Gasteiger partial charge in [-0.25, -0.2) is 0 Å². The minimum absolute atomic E-state index is 0.338. The molecule has 250 valence electrons. The Morgan fingerprint density at radius 2 is 0.614 bits per heavy atom. The summed E-state index contributed by atoms with van der Waals surface area (Å²) in [7, 11) is 0. The van der Waals surface area contributed by atoms with Crippen LogP contribution in [0.3, 0.4) is 0 Å². The maximum atomic E-state index is 10.5. The van der Waals surface area contributed by atoms with Crippen LogP contribution in [0.2, 0.25) is 0 Å². The topological polar surface area (TPSA) is 37.3 Å². The van der Waals surface area contributed by atoms with E-state index in [0.29, 0.717) is 6.42 Å². The third-order valence-corrected chi connectivity index (χ3v) is 7.80. The Hall–Kier alpha value is -2.35. The summed E-state index contributed by atoms with van der Waals surface area (Å²) in [5.74, 6) is -0.655. The van der Waals surface area contributed by atoms with Crippen LogP contribution < -0.4 is 0 Å². The number of carboxylic acids is 1. The third-order valence-electron chi connectivity index (χ3n) is 7.80. The molecule has 0 unspecified atom stereocenters. The Morgan fingerprint density at radius 1 is 0.364 bits per heavy atom. The van der Waals surface area contributed by atoms with Crippen molar-refractivity contribution < 1.29 is 9.90 Å². The fourth-order valence-corrected chi connectivity index (χ4v) is 5.10. The molecule has 0 saturated heterocycles. The molecule has 0 spiro atoms. The molecule has 1 N–H and O–H groups in total. The predicted molar refractivity (Wildman–Crippen MR) is 197 cm³/mol. The highest BCUT2D eigenvalue weighted by Crippen LogP contribution is 2.14. The predicted octanol–water partition coefficient (Wildman–Crippen LogP) is 14.1. The fraction of sp³-hybridized carbons (Fsp3) is 0.643. The second-order valence-corrected chi connectivity index (χ2v) is 12.1. The summed E-state index contributed by atoms with van der Waals surface area (Å²) < 4.78 is 0. The summed E-state index contributed by atoms with van der Waals surface area (Å²) in [5, 5.41) is 8.64. The first-order chi connectivity index (χ1) is 21.8. The van der Waals surface area contributed by atoms with E-state index in [2.05, 4.69) is 92.0 Å². The average molecular weight is 607 g/mol. The molecule has 44 heavy (non-hydrogen) atoms. The summed E-state index contributed by atoms with van der Waals surface area (Å²) in [6, 6.07) is 0. The van der Waals surface area contributed by atoms with Crippen molar-refractivity contribution in [2.45, 2.75) is 174 Å². The van der Waals surface area contributed by atoms with E-state index in [4.69, 9.17) is 5.11 Å². The molecule has 0 aliphatic carbocycles. The van der Waals surface area contributed by atoms with Gasteiger partial charge in [0.15, 0.2) is 0 Å². The highest BCUT2D eigenvalue weighted by Gasteiger charge is 1.97. The number of carboxylic acid groups (broad SMARTS) is 1. The van der Waals surface area contributed by atoms with Crippen LogP contribution in [-0.2, 0) is 4.79 Å². The molecular weight excluding hydrogens is 536 g/mol. The molecule has 0 aromatic heterocycles. The molecular formula is C42H70O2. The van der Waals surface area contributed by atoms with Gasteiger partial charge in [0.05, 0.1) is 0 Å². The first-order valence-electron chi connectivity index (χ1n) is 18.5. The number of carbonyl (C=O) groups is 1. The summed E-state index contributed by atoms with van der Waals surface area (Å²) in [4.78, 5) is 10.5. The SMILES string of the molecule is CC/C=C\C/C=C\C/C=C\C/C=C\C/C=C\C/C=C\C/C=C\CCCCCCCCCCCCCCCCCCCC(=O)O. The molecule has 0 amide bonds. The van der Waals surface area contributed by atoms with Crippen LogP contribution in [-0.4, -0.2) is 11.1 Å². The van der Waals surface area contributed by atoms with Crippen LogP contribution >= 0.6 is 0 Å². The van der Waals surface area contributed by atoms with Gasteiger partial charge in [0, 0.05) is 6.42 Å². The number of hydrogen-bond acceptors (Lipinski definition) is 1. The molecule has 0 radical (unpaired) electrons. The fourth-order valence-electron chi connectivity index (χ4n) is 5.10. The Balaban J connectivity index is 3.33. The lowest BCUT2D eigenvalue weighted by atomic mass is 10.0. The van der Waals surface area contributed by atoms with Crippen LogP contribution in [0, 0.1) is 0 Å². The Morgan fingerprint density at radius 3 is 0.909 bits per heavy atom. The first-order valence-corrected chi connectivity index (χ1v) is 18.5. The van der Waals surface area contributed by atoms with Crippen LogP contribution in [0.1, 0.15) is 174 Å². The van der Waals surface area contributed by atoms with Gasteiger partial charge in [0.1, 0.15) is 0 Å². The van der Waals surface area contributed by atoms with Crippen LogP contribution in [0.15, 0.2) is 85.1 Å². The van der Waals surface area contributed by atoms with Gasteiger partial charge in [-0.15, -0.1) is 0 Å². The van der Waals surface area contributed by atoms with Crippen molar-refractivity contribution in [3.8, 4) is 0 Å². The number of unbranched alkanes of at least 4 members (excludes halogenated alkanes) is 17. The monoisotopic (exact) mass is 607 g/mol. The second-order valence-electron chi connectivity index (χ2n) is 12.1. The van der Waals surface area contributed by atoms with Gasteiger partial charge in [-0.1, -0.05) is 188 Å². The number of rotatable bonds is 33. The molecule has 0 aliphatic heterocycles. The maximum absolute atomic E-state index is 10.5. The highest BCUT2D eigenvalue weighted by atomic mass is 16.4. The smallest absolute Gasteiger partial charge is 0.303 e. The molecule has 0 aliphatic rings. The molecule has 0 atom stereocenters. The van der Waals surface area contributed by atoms with Gasteiger partial charge >= 0.3 is 5.97 Å². The summed E-state index contributed by atoms with van der Waals surface area (Å²) in [5.41, 5.74) is 0. The molecule has 0 bridgehead atoms. The maximum Gasteiger partial charge on any atom is 0.303 e. The minimum atomic E-state index is -0.655. The van der Waals surface area contributed by atoms with E-state index < -0.39 is 5.97 Å². The zero-order chi connectivity index (χ0) is 31.9. The molecule has 0 fully saturated rings. The van der Waals surface area contributed by atoms with Gasteiger partial charge in [0.2, 0.25) is 0 Å². The van der Waals surface area contributed by atoms with Crippen molar-refractivity contribution in [2.75, 3.05) is 0 Å². The van der Waals surface area contributed by atoms with Crippen molar-refractivity contribution >= 4 is 5.97 Å². The van der Waals surface area contributed by atoms with E-state index in [9.17, 15) is 4.79 Å². The summed E-state index contributed by atoms with van der Waals surface area (Å²) >= 11 is 0. The van der Waals surface area contributed by atoms with E-state index in [1.165, 1.54) is 103 Å². The third kappa shape index (κ3) is 39.6. The average Bonchev–Trinajstić information content (AvgIpc) is 3.02. The van der Waals surface area contributed by atoms with Gasteiger partial charge in [0.25, 0.3) is 0 Å². The quantitative estimate of drug-likeness (QED) is 0.0596. The molecule has 2 nitrogen and oxygen atoms in total. The van der Waals surface area contributed by atoms with Crippen molar-refractivity contribution in [1.82, 2.24) is 0 Å². The molecule has 0 saturated carbocycles. The normalized spacial score (nSPS) is 12.8. The van der Waals surface area contributed by atoms with Crippen molar-refractivity contribution in [3.63, 3.8) is 0 Å². The molecule has 0 aromatic rings. The Labute approximate surface area is 274 Å². The van der Waals surface area contributed by atoms with Gasteiger partial charge in [-0.2, -0.15) is 0 Å². The van der Waals surface area contributed by atoms with E-state index in [-0.39, 0.29) is 0 Å². The van der Waals surface area contributed by atoms with E-state index in [1.807, 2.05) is 0 Å². The van der Waals surface area contributed by atoms with E-state index >= 15 is 0 Å². The van der Waals surface area contributed by atoms with Gasteiger partial charge < -0.3 is 5.11 Å². The number of allylic oxidation sites excluding steroid dienone is 14. The van der Waals surface area contributed by atoms with Crippen LogP contribution in [0.5, 0.6) is 0 Å². The van der Waals surface area contributed by atoms with Crippen LogP contribution in [0.4, 0.5) is 0 Å². The van der Waals surface area contributed by atoms with Gasteiger partial charge in [-0.05, 0) is 64.2 Å². The largest absolute Gasteiger partial charge is 0.481 e. The molecule has 0 rings (SSSR count). The lowest BCUT2D eigenvalue weighted by Crippen LogP contribution is -1.93. The highest BCUT2D eigenvalue weighted by molar-refractivity contribution is 5.66. The van der Waals surface area contributed by atoms with E-state index in [1.54, 1.807) is 0 Å². The minimum Gasteiger partial charge on any atom is -0.481 e. The molecule has 0 aromatic carbocycles. The molecule has 2 heteroatoms. The van der Waals surface area contributed by atoms with E-state index in [0.717, 1.165) is 57.8 Å². The van der Waals surface area contributed by atoms with Crippen molar-refractivity contribution in [1.29, 1.82) is 0 Å². The number of aliphatic carboxylic acids is 1. The Kier molecular flexibility index (Phi) is 36.6. The summed E-state index contributed by atoms with van der Waals surface area (Å²) in [6.45, 7) is 2.17. The standard InChI is InChI=1S/C42H70O2/c1-2-3-4-5-6-7-8-9-10-11-12-13-14-15-16-17-18-19-20-21-22-23-24-25-26-27-28-29-30-31-32-33-34-35-36-37-38-39-40-41-42(43)44/h3-4,6-7,9-10,12-13,15-16,18-19,21-22H,2,5,8,11,14,17,20,23-41H2,1H3,(H,43,44)/b4-3-,7-6-,10-9-,13-12-,16-15-,19-18-,22-21-.